The zero-order valence-corrected chi connectivity index (χ0v) is 17.6. The van der Waals surface area contributed by atoms with E-state index in [-0.39, 0.29) is 4.90 Å². The fourth-order valence-corrected chi connectivity index (χ4v) is 4.89. The second-order valence-electron chi connectivity index (χ2n) is 6.71. The molecule has 1 aromatic heterocycles. The zero-order chi connectivity index (χ0) is 19.7. The lowest BCUT2D eigenvalue weighted by Gasteiger charge is -2.20. The number of para-hydroxylation sites is 1. The predicted octanol–water partition coefficient (Wildman–Crippen LogP) is 5.31. The fraction of sp³-hybridized carbons (Fsp3) is 0.0909. The molecule has 0 aliphatic rings. The van der Waals surface area contributed by atoms with Crippen LogP contribution in [0.5, 0.6) is 0 Å². The van der Waals surface area contributed by atoms with E-state index in [0.29, 0.717) is 0 Å². The van der Waals surface area contributed by atoms with Crippen LogP contribution in [0.4, 0.5) is 0 Å². The number of rotatable bonds is 5. The standard InChI is InChI=1S/C22H19BrN2O2S/c1-15-9-11-18(12-10-15)28(26,27)25-22(16-5-4-6-17(23)13-16)20-14-24-21-8-3-2-7-19(20)21/h2-14,22,24-25H,1H3/t22-/m1/s1. The number of hydrogen-bond acceptors (Lipinski definition) is 2. The molecule has 0 fully saturated rings. The van der Waals surface area contributed by atoms with Crippen molar-refractivity contribution in [3.8, 4) is 0 Å². The Hall–Kier alpha value is -2.41. The van der Waals surface area contributed by atoms with Gasteiger partial charge in [-0.1, -0.05) is 64.0 Å². The van der Waals surface area contributed by atoms with Crippen molar-refractivity contribution in [1.82, 2.24) is 9.71 Å². The number of aromatic nitrogens is 1. The molecule has 0 bridgehead atoms. The maximum Gasteiger partial charge on any atom is 0.241 e. The van der Waals surface area contributed by atoms with Crippen LogP contribution in [0.25, 0.3) is 10.9 Å². The second-order valence-corrected chi connectivity index (χ2v) is 9.34. The molecule has 0 aliphatic carbocycles. The lowest BCUT2D eigenvalue weighted by molar-refractivity contribution is 0.572. The topological polar surface area (TPSA) is 62.0 Å². The minimum atomic E-state index is -3.71. The lowest BCUT2D eigenvalue weighted by atomic mass is 9.99. The number of aromatic amines is 1. The highest BCUT2D eigenvalue weighted by Gasteiger charge is 2.25. The average Bonchev–Trinajstić information content (AvgIpc) is 3.10. The van der Waals surface area contributed by atoms with Gasteiger partial charge in [0, 0.05) is 21.6 Å². The monoisotopic (exact) mass is 454 g/mol. The third-order valence-corrected chi connectivity index (χ3v) is 6.65. The number of hydrogen-bond donors (Lipinski definition) is 2. The average molecular weight is 455 g/mol. The summed E-state index contributed by atoms with van der Waals surface area (Å²) in [5.41, 5.74) is 3.71. The molecule has 0 saturated carbocycles. The van der Waals surface area contributed by atoms with Crippen molar-refractivity contribution < 1.29 is 8.42 Å². The Morgan fingerprint density at radius 1 is 0.964 bits per heavy atom. The number of benzene rings is 3. The summed E-state index contributed by atoms with van der Waals surface area (Å²) >= 11 is 3.49. The van der Waals surface area contributed by atoms with Crippen molar-refractivity contribution in [2.24, 2.45) is 0 Å². The molecule has 0 spiro atoms. The largest absolute Gasteiger partial charge is 0.361 e. The van der Waals surface area contributed by atoms with E-state index in [4.69, 9.17) is 0 Å². The van der Waals surface area contributed by atoms with Gasteiger partial charge in [0.05, 0.1) is 10.9 Å². The van der Waals surface area contributed by atoms with Gasteiger partial charge in [0.1, 0.15) is 0 Å². The quantitative estimate of drug-likeness (QED) is 0.429. The second kappa shape index (κ2) is 7.54. The first-order valence-electron chi connectivity index (χ1n) is 8.84. The number of nitrogens with one attached hydrogen (secondary N) is 2. The van der Waals surface area contributed by atoms with E-state index in [1.807, 2.05) is 61.7 Å². The maximum absolute atomic E-state index is 13.1. The van der Waals surface area contributed by atoms with Gasteiger partial charge in [0.15, 0.2) is 0 Å². The molecule has 3 aromatic carbocycles. The van der Waals surface area contributed by atoms with Gasteiger partial charge in [-0.2, -0.15) is 4.72 Å². The summed E-state index contributed by atoms with van der Waals surface area (Å²) in [7, 11) is -3.71. The van der Waals surface area contributed by atoms with E-state index in [9.17, 15) is 8.42 Å². The first-order chi connectivity index (χ1) is 13.4. The van der Waals surface area contributed by atoms with E-state index in [1.165, 1.54) is 0 Å². The Morgan fingerprint density at radius 2 is 1.71 bits per heavy atom. The summed E-state index contributed by atoms with van der Waals surface area (Å²) < 4.78 is 30.0. The van der Waals surface area contributed by atoms with Crippen LogP contribution >= 0.6 is 15.9 Å². The first-order valence-corrected chi connectivity index (χ1v) is 11.1. The molecule has 4 rings (SSSR count). The van der Waals surface area contributed by atoms with Gasteiger partial charge in [0.2, 0.25) is 10.0 Å². The van der Waals surface area contributed by atoms with E-state index in [0.717, 1.165) is 32.1 Å². The number of fused-ring (bicyclic) bond motifs is 1. The van der Waals surface area contributed by atoms with Gasteiger partial charge >= 0.3 is 0 Å². The van der Waals surface area contributed by atoms with Gasteiger partial charge in [0.25, 0.3) is 0 Å². The van der Waals surface area contributed by atoms with Crippen molar-refractivity contribution in [3.05, 3.63) is 100 Å². The van der Waals surface area contributed by atoms with Crippen molar-refractivity contribution in [2.75, 3.05) is 0 Å². The third-order valence-electron chi connectivity index (χ3n) is 4.72. The molecule has 0 radical (unpaired) electrons. The lowest BCUT2D eigenvalue weighted by Crippen LogP contribution is -2.29. The summed E-state index contributed by atoms with van der Waals surface area (Å²) in [4.78, 5) is 3.49. The van der Waals surface area contributed by atoms with Crippen LogP contribution in [-0.4, -0.2) is 13.4 Å². The maximum atomic E-state index is 13.1. The minimum Gasteiger partial charge on any atom is -0.361 e. The van der Waals surface area contributed by atoms with Gasteiger partial charge < -0.3 is 4.98 Å². The van der Waals surface area contributed by atoms with Crippen molar-refractivity contribution in [2.45, 2.75) is 17.9 Å². The Kier molecular flexibility index (Phi) is 5.10. The van der Waals surface area contributed by atoms with Crippen LogP contribution in [0.1, 0.15) is 22.7 Å². The summed E-state index contributed by atoms with van der Waals surface area (Å²) in [6, 6.07) is 21.9. The predicted molar refractivity (Wildman–Crippen MR) is 116 cm³/mol. The smallest absolute Gasteiger partial charge is 0.241 e. The molecule has 4 aromatic rings. The summed E-state index contributed by atoms with van der Waals surface area (Å²) in [5, 5.41) is 0.985. The van der Waals surface area contributed by atoms with Crippen molar-refractivity contribution in [3.63, 3.8) is 0 Å². The molecule has 1 atom stereocenters. The molecule has 28 heavy (non-hydrogen) atoms. The number of H-pyrrole nitrogens is 1. The third kappa shape index (κ3) is 3.76. The van der Waals surface area contributed by atoms with Crippen molar-refractivity contribution in [1.29, 1.82) is 0 Å². The Bertz CT molecular complexity index is 1230. The van der Waals surface area contributed by atoms with Crippen molar-refractivity contribution >= 4 is 36.9 Å². The van der Waals surface area contributed by atoms with Crippen LogP contribution in [0, 0.1) is 6.92 Å². The molecule has 0 aliphatic heterocycles. The molecule has 142 valence electrons. The van der Waals surface area contributed by atoms with Crippen LogP contribution < -0.4 is 4.72 Å². The molecule has 0 saturated heterocycles. The first kappa shape index (κ1) is 18.9. The Balaban J connectivity index is 1.83. The molecular weight excluding hydrogens is 436 g/mol. The zero-order valence-electron chi connectivity index (χ0n) is 15.2. The highest BCUT2D eigenvalue weighted by molar-refractivity contribution is 9.10. The number of halogens is 1. The molecule has 4 nitrogen and oxygen atoms in total. The SMILES string of the molecule is Cc1ccc(S(=O)(=O)N[C@H](c2cccc(Br)c2)c2c[nH]c3ccccc23)cc1. The molecule has 6 heteroatoms. The van der Waals surface area contributed by atoms with E-state index in [1.54, 1.807) is 24.3 Å². The summed E-state index contributed by atoms with van der Waals surface area (Å²) in [6.07, 6.45) is 1.87. The van der Waals surface area contributed by atoms with Crippen LogP contribution in [0.2, 0.25) is 0 Å². The Labute approximate surface area is 172 Å². The summed E-state index contributed by atoms with van der Waals surface area (Å²) in [5.74, 6) is 0. The Morgan fingerprint density at radius 3 is 2.46 bits per heavy atom. The molecular formula is C22H19BrN2O2S. The normalized spacial score (nSPS) is 12.9. The van der Waals surface area contributed by atoms with Gasteiger partial charge in [-0.15, -0.1) is 0 Å². The molecule has 0 unspecified atom stereocenters. The van der Waals surface area contributed by atoms with Crippen LogP contribution in [0.3, 0.4) is 0 Å². The number of aryl methyl sites for hydroxylation is 1. The fourth-order valence-electron chi connectivity index (χ4n) is 3.27. The van der Waals surface area contributed by atoms with Gasteiger partial charge in [-0.25, -0.2) is 8.42 Å². The van der Waals surface area contributed by atoms with E-state index in [2.05, 4.69) is 25.6 Å². The van der Waals surface area contributed by atoms with Gasteiger partial charge in [-0.3, -0.25) is 0 Å². The summed E-state index contributed by atoms with van der Waals surface area (Å²) in [6.45, 7) is 1.93. The van der Waals surface area contributed by atoms with Gasteiger partial charge in [-0.05, 0) is 48.4 Å². The molecule has 0 amide bonds. The van der Waals surface area contributed by atoms with Crippen LogP contribution in [-0.2, 0) is 10.0 Å². The van der Waals surface area contributed by atoms with E-state index >= 15 is 0 Å². The molecule has 1 heterocycles. The molecule has 2 N–H and O–H groups in total. The highest BCUT2D eigenvalue weighted by atomic mass is 79.9. The number of sulfonamides is 1. The highest BCUT2D eigenvalue weighted by Crippen LogP contribution is 2.31. The van der Waals surface area contributed by atoms with E-state index < -0.39 is 16.1 Å². The minimum absolute atomic E-state index is 0.248. The van der Waals surface area contributed by atoms with Crippen LogP contribution in [0.15, 0.2) is 88.4 Å².